The number of nitrogens with zero attached hydrogens (tertiary/aromatic N) is 3. The predicted octanol–water partition coefficient (Wildman–Crippen LogP) is 1.70. The first-order valence-corrected chi connectivity index (χ1v) is 6.98. The molecule has 2 rings (SSSR count). The van der Waals surface area contributed by atoms with Gasteiger partial charge >= 0.3 is 5.69 Å². The van der Waals surface area contributed by atoms with E-state index in [0.717, 1.165) is 0 Å². The third kappa shape index (κ3) is 3.14. The summed E-state index contributed by atoms with van der Waals surface area (Å²) in [4.78, 5) is 22.6. The van der Waals surface area contributed by atoms with Gasteiger partial charge in [-0.3, -0.25) is 14.7 Å². The van der Waals surface area contributed by atoms with Crippen LogP contribution in [0.4, 0.5) is 5.69 Å². The first-order chi connectivity index (χ1) is 9.93. The average Bonchev–Trinajstić information content (AvgIpc) is 2.79. The Morgan fingerprint density at radius 1 is 1.52 bits per heavy atom. The molecule has 2 aromatic rings. The highest BCUT2D eigenvalue weighted by Crippen LogP contribution is 2.30. The largest absolute Gasteiger partial charge is 0.391 e. The Kier molecular flexibility index (Phi) is 4.43. The Morgan fingerprint density at radius 3 is 2.81 bits per heavy atom. The molecule has 0 fully saturated rings. The molecule has 0 unspecified atom stereocenters. The summed E-state index contributed by atoms with van der Waals surface area (Å²) in [5.41, 5.74) is -0.221. The zero-order valence-corrected chi connectivity index (χ0v) is 12.3. The van der Waals surface area contributed by atoms with Crippen LogP contribution in [0.15, 0.2) is 33.0 Å². The summed E-state index contributed by atoms with van der Waals surface area (Å²) >= 11 is 1.20. The number of aliphatic hydroxyl groups is 1. The van der Waals surface area contributed by atoms with E-state index in [0.29, 0.717) is 10.1 Å². The third-order valence-corrected chi connectivity index (χ3v) is 3.78. The molecule has 112 valence electrons. The second kappa shape index (κ2) is 6.10. The smallest absolute Gasteiger partial charge is 0.344 e. The third-order valence-electron chi connectivity index (χ3n) is 2.82. The Balaban J connectivity index is 2.37. The van der Waals surface area contributed by atoms with Crippen molar-refractivity contribution in [2.75, 3.05) is 0 Å². The molecule has 8 nitrogen and oxygen atoms in total. The molecule has 0 amide bonds. The Labute approximate surface area is 124 Å². The van der Waals surface area contributed by atoms with E-state index in [4.69, 9.17) is 0 Å². The van der Waals surface area contributed by atoms with Gasteiger partial charge in [0.05, 0.1) is 17.1 Å². The Bertz CT molecular complexity index is 722. The molecule has 1 aromatic carbocycles. The summed E-state index contributed by atoms with van der Waals surface area (Å²) in [5, 5.41) is 26.8. The van der Waals surface area contributed by atoms with Gasteiger partial charge in [0.2, 0.25) is 0 Å². The fourth-order valence-electron chi connectivity index (χ4n) is 1.85. The summed E-state index contributed by atoms with van der Waals surface area (Å²) in [6.07, 6.45) is 0. The predicted molar refractivity (Wildman–Crippen MR) is 76.4 cm³/mol. The van der Waals surface area contributed by atoms with Crippen LogP contribution in [-0.2, 0) is 6.61 Å². The molecule has 21 heavy (non-hydrogen) atoms. The van der Waals surface area contributed by atoms with E-state index >= 15 is 0 Å². The number of nitro groups is 1. The maximum atomic E-state index is 11.6. The van der Waals surface area contributed by atoms with Crippen LogP contribution in [0.5, 0.6) is 0 Å². The highest BCUT2D eigenvalue weighted by atomic mass is 32.2. The molecule has 0 saturated carbocycles. The molecule has 0 bridgehead atoms. The first kappa shape index (κ1) is 15.3. The van der Waals surface area contributed by atoms with E-state index in [-0.39, 0.29) is 23.0 Å². The van der Waals surface area contributed by atoms with Gasteiger partial charge < -0.3 is 5.11 Å². The number of aliphatic hydroxyl groups excluding tert-OH is 1. The SMILES string of the molecule is CC(C)n1c(Sc2ccc([N+](=O)[O-])c(CO)c2)n[nH]c1=O. The van der Waals surface area contributed by atoms with Crippen molar-refractivity contribution in [3.05, 3.63) is 44.4 Å². The van der Waals surface area contributed by atoms with E-state index in [1.165, 1.54) is 28.5 Å². The van der Waals surface area contributed by atoms with Crippen LogP contribution < -0.4 is 5.69 Å². The number of benzene rings is 1. The molecule has 0 atom stereocenters. The first-order valence-electron chi connectivity index (χ1n) is 6.17. The number of hydrogen-bond donors (Lipinski definition) is 2. The summed E-state index contributed by atoms with van der Waals surface area (Å²) in [6.45, 7) is 3.29. The second-order valence-corrected chi connectivity index (χ2v) is 5.62. The molecular formula is C12H14N4O4S. The monoisotopic (exact) mass is 310 g/mol. The summed E-state index contributed by atoms with van der Waals surface area (Å²) in [5.74, 6) is 0. The van der Waals surface area contributed by atoms with Gasteiger partial charge in [-0.2, -0.15) is 0 Å². The van der Waals surface area contributed by atoms with Crippen molar-refractivity contribution in [3.63, 3.8) is 0 Å². The lowest BCUT2D eigenvalue weighted by molar-refractivity contribution is -0.385. The molecule has 0 aliphatic rings. The maximum Gasteiger partial charge on any atom is 0.344 e. The number of aromatic nitrogens is 3. The molecule has 1 aromatic heterocycles. The highest BCUT2D eigenvalue weighted by molar-refractivity contribution is 7.99. The van der Waals surface area contributed by atoms with Gasteiger partial charge in [-0.1, -0.05) is 0 Å². The van der Waals surface area contributed by atoms with E-state index in [2.05, 4.69) is 10.2 Å². The number of hydrogen-bond acceptors (Lipinski definition) is 6. The van der Waals surface area contributed by atoms with Crippen molar-refractivity contribution < 1.29 is 10.0 Å². The normalized spacial score (nSPS) is 11.0. The van der Waals surface area contributed by atoms with E-state index in [1.54, 1.807) is 6.07 Å². The molecule has 0 aliphatic carbocycles. The zero-order valence-electron chi connectivity index (χ0n) is 11.4. The lowest BCUT2D eigenvalue weighted by Gasteiger charge is -2.09. The molecule has 0 spiro atoms. The fourth-order valence-corrected chi connectivity index (χ4v) is 2.88. The summed E-state index contributed by atoms with van der Waals surface area (Å²) < 4.78 is 1.49. The topological polar surface area (TPSA) is 114 Å². The summed E-state index contributed by atoms with van der Waals surface area (Å²) in [6, 6.07) is 4.35. The fraction of sp³-hybridized carbons (Fsp3) is 0.333. The van der Waals surface area contributed by atoms with Gasteiger partial charge in [-0.05, 0) is 37.7 Å². The molecule has 1 heterocycles. The quantitative estimate of drug-likeness (QED) is 0.642. The molecule has 2 N–H and O–H groups in total. The van der Waals surface area contributed by atoms with Gasteiger partial charge in [0.25, 0.3) is 5.69 Å². The average molecular weight is 310 g/mol. The number of rotatable bonds is 5. The van der Waals surface area contributed by atoms with E-state index in [1.807, 2.05) is 13.8 Å². The van der Waals surface area contributed by atoms with E-state index in [9.17, 15) is 20.0 Å². The van der Waals surface area contributed by atoms with Crippen LogP contribution >= 0.6 is 11.8 Å². The maximum absolute atomic E-state index is 11.6. The highest BCUT2D eigenvalue weighted by Gasteiger charge is 2.16. The van der Waals surface area contributed by atoms with Gasteiger partial charge in [-0.25, -0.2) is 9.89 Å². The summed E-state index contributed by atoms with van der Waals surface area (Å²) in [7, 11) is 0. The Hall–Kier alpha value is -2.13. The van der Waals surface area contributed by atoms with Crippen LogP contribution in [0, 0.1) is 10.1 Å². The molecule has 0 radical (unpaired) electrons. The number of nitrogens with one attached hydrogen (secondary N) is 1. The number of H-pyrrole nitrogens is 1. The van der Waals surface area contributed by atoms with E-state index < -0.39 is 11.5 Å². The lowest BCUT2D eigenvalue weighted by atomic mass is 10.2. The second-order valence-electron chi connectivity index (χ2n) is 4.58. The lowest BCUT2D eigenvalue weighted by Crippen LogP contribution is -2.19. The van der Waals surface area contributed by atoms with Crippen LogP contribution in [0.1, 0.15) is 25.5 Å². The van der Waals surface area contributed by atoms with Crippen LogP contribution in [-0.4, -0.2) is 24.8 Å². The van der Waals surface area contributed by atoms with Crippen molar-refractivity contribution >= 4 is 17.4 Å². The van der Waals surface area contributed by atoms with Crippen LogP contribution in [0.3, 0.4) is 0 Å². The van der Waals surface area contributed by atoms with Crippen molar-refractivity contribution in [1.29, 1.82) is 0 Å². The Morgan fingerprint density at radius 2 is 2.24 bits per heavy atom. The van der Waals surface area contributed by atoms with Crippen LogP contribution in [0.2, 0.25) is 0 Å². The van der Waals surface area contributed by atoms with Crippen molar-refractivity contribution in [2.45, 2.75) is 36.5 Å². The van der Waals surface area contributed by atoms with Gasteiger partial charge in [0.15, 0.2) is 5.16 Å². The van der Waals surface area contributed by atoms with Gasteiger partial charge in [0.1, 0.15) is 0 Å². The molecule has 0 aliphatic heterocycles. The minimum Gasteiger partial charge on any atom is -0.391 e. The zero-order chi connectivity index (χ0) is 15.6. The number of aromatic amines is 1. The molecule has 9 heteroatoms. The van der Waals surface area contributed by atoms with Crippen molar-refractivity contribution in [2.24, 2.45) is 0 Å². The number of nitro benzene ring substituents is 1. The van der Waals surface area contributed by atoms with Crippen molar-refractivity contribution in [1.82, 2.24) is 14.8 Å². The standard InChI is InChI=1S/C12H14N4O4S/c1-7(2)15-11(18)13-14-12(15)21-9-3-4-10(16(19)20)8(5-9)6-17/h3-5,7,17H,6H2,1-2H3,(H,13,18). The van der Waals surface area contributed by atoms with Gasteiger partial charge in [-0.15, -0.1) is 5.10 Å². The molecule has 0 saturated heterocycles. The van der Waals surface area contributed by atoms with Crippen molar-refractivity contribution in [3.8, 4) is 0 Å². The minimum absolute atomic E-state index is 0.0610. The minimum atomic E-state index is -0.543. The van der Waals surface area contributed by atoms with Crippen LogP contribution in [0.25, 0.3) is 0 Å². The van der Waals surface area contributed by atoms with Gasteiger partial charge in [0, 0.05) is 17.0 Å². The molecular weight excluding hydrogens is 296 g/mol.